The SMILES string of the molecule is CCOC(=O)[C@@H]1CCc2sc(NC(=O)[C@H]3C(=O)NC[C@H]3C(C)(C)C)nc21. The molecule has 0 spiro atoms. The zero-order valence-corrected chi connectivity index (χ0v) is 16.4. The first kappa shape index (κ1) is 18.8. The van der Waals surface area contributed by atoms with Gasteiger partial charge < -0.3 is 15.4 Å². The number of carbonyl (C=O) groups excluding carboxylic acids is 3. The molecule has 8 heteroatoms. The van der Waals surface area contributed by atoms with Gasteiger partial charge in [0.05, 0.1) is 12.3 Å². The third-order valence-electron chi connectivity index (χ3n) is 5.09. The summed E-state index contributed by atoms with van der Waals surface area (Å²) in [4.78, 5) is 42.4. The van der Waals surface area contributed by atoms with Crippen molar-refractivity contribution in [3.8, 4) is 0 Å². The molecule has 1 aromatic rings. The number of thiazole rings is 1. The van der Waals surface area contributed by atoms with Gasteiger partial charge in [0.1, 0.15) is 11.8 Å². The minimum absolute atomic E-state index is 0.0749. The van der Waals surface area contributed by atoms with E-state index >= 15 is 0 Å². The Balaban J connectivity index is 1.74. The van der Waals surface area contributed by atoms with Crippen molar-refractivity contribution < 1.29 is 19.1 Å². The Morgan fingerprint density at radius 3 is 2.77 bits per heavy atom. The summed E-state index contributed by atoms with van der Waals surface area (Å²) in [6.07, 6.45) is 1.44. The molecule has 3 atom stereocenters. The number of amides is 2. The predicted molar refractivity (Wildman–Crippen MR) is 97.9 cm³/mol. The van der Waals surface area contributed by atoms with E-state index in [1.54, 1.807) is 6.92 Å². The maximum absolute atomic E-state index is 12.7. The molecule has 2 amide bonds. The van der Waals surface area contributed by atoms with Crippen LogP contribution in [0.2, 0.25) is 0 Å². The first-order valence-corrected chi connectivity index (χ1v) is 9.78. The van der Waals surface area contributed by atoms with Crippen molar-refractivity contribution in [1.82, 2.24) is 10.3 Å². The van der Waals surface area contributed by atoms with Crippen molar-refractivity contribution >= 4 is 34.3 Å². The van der Waals surface area contributed by atoms with Crippen LogP contribution in [0.3, 0.4) is 0 Å². The van der Waals surface area contributed by atoms with Gasteiger partial charge >= 0.3 is 5.97 Å². The standard InChI is InChI=1S/C18H25N3O4S/c1-5-25-16(24)9-6-7-11-13(9)20-17(26-11)21-15(23)12-10(18(2,3)4)8-19-14(12)22/h9-10,12H,5-8H2,1-4H3,(H,19,22)(H,20,21,23)/t9-,10-,12-/m1/s1. The zero-order chi connectivity index (χ0) is 19.1. The van der Waals surface area contributed by atoms with Gasteiger partial charge in [0.2, 0.25) is 11.8 Å². The molecule has 1 aliphatic heterocycles. The van der Waals surface area contributed by atoms with Crippen molar-refractivity contribution in [2.75, 3.05) is 18.5 Å². The second-order valence-corrected chi connectivity index (χ2v) is 8.94. The summed E-state index contributed by atoms with van der Waals surface area (Å²) in [5.41, 5.74) is 0.535. The van der Waals surface area contributed by atoms with E-state index in [9.17, 15) is 14.4 Å². The summed E-state index contributed by atoms with van der Waals surface area (Å²) in [7, 11) is 0. The molecule has 0 aromatic carbocycles. The number of anilines is 1. The maximum Gasteiger partial charge on any atom is 0.315 e. The van der Waals surface area contributed by atoms with E-state index in [4.69, 9.17) is 4.74 Å². The minimum atomic E-state index is -0.727. The Labute approximate surface area is 156 Å². The molecule has 3 rings (SSSR count). The van der Waals surface area contributed by atoms with Gasteiger partial charge in [-0.1, -0.05) is 20.8 Å². The smallest absolute Gasteiger partial charge is 0.315 e. The molecule has 142 valence electrons. The Bertz CT molecular complexity index is 737. The number of nitrogens with one attached hydrogen (secondary N) is 2. The highest BCUT2D eigenvalue weighted by molar-refractivity contribution is 7.16. The van der Waals surface area contributed by atoms with E-state index in [1.165, 1.54) is 11.3 Å². The molecular weight excluding hydrogens is 354 g/mol. The van der Waals surface area contributed by atoms with Crippen molar-refractivity contribution in [1.29, 1.82) is 0 Å². The number of nitrogens with zero attached hydrogens (tertiary/aromatic N) is 1. The van der Waals surface area contributed by atoms with E-state index < -0.39 is 5.92 Å². The fourth-order valence-electron chi connectivity index (χ4n) is 3.67. The van der Waals surface area contributed by atoms with E-state index in [-0.39, 0.29) is 35.0 Å². The molecule has 0 bridgehead atoms. The lowest BCUT2D eigenvalue weighted by Gasteiger charge is -2.29. The van der Waals surface area contributed by atoms with Gasteiger partial charge in [0.25, 0.3) is 0 Å². The highest BCUT2D eigenvalue weighted by atomic mass is 32.1. The Morgan fingerprint density at radius 2 is 2.12 bits per heavy atom. The first-order valence-electron chi connectivity index (χ1n) is 8.97. The average Bonchev–Trinajstić information content (AvgIpc) is 3.20. The lowest BCUT2D eigenvalue weighted by atomic mass is 9.74. The molecule has 0 unspecified atom stereocenters. The molecule has 1 fully saturated rings. The van der Waals surface area contributed by atoms with Crippen molar-refractivity contribution in [2.24, 2.45) is 17.3 Å². The number of hydrogen-bond donors (Lipinski definition) is 2. The topological polar surface area (TPSA) is 97.4 Å². The Morgan fingerprint density at radius 1 is 1.38 bits per heavy atom. The van der Waals surface area contributed by atoms with Crippen LogP contribution in [-0.4, -0.2) is 35.9 Å². The minimum Gasteiger partial charge on any atom is -0.465 e. The largest absolute Gasteiger partial charge is 0.465 e. The van der Waals surface area contributed by atoms with Gasteiger partial charge in [-0.2, -0.15) is 0 Å². The molecule has 2 heterocycles. The van der Waals surface area contributed by atoms with Crippen LogP contribution in [0.15, 0.2) is 0 Å². The molecule has 7 nitrogen and oxygen atoms in total. The average molecular weight is 379 g/mol. The Hall–Kier alpha value is -1.96. The molecule has 0 saturated carbocycles. The lowest BCUT2D eigenvalue weighted by Crippen LogP contribution is -2.37. The van der Waals surface area contributed by atoms with Crippen LogP contribution in [-0.2, 0) is 25.5 Å². The van der Waals surface area contributed by atoms with E-state index in [2.05, 4.69) is 15.6 Å². The summed E-state index contributed by atoms with van der Waals surface area (Å²) >= 11 is 1.38. The molecule has 1 saturated heterocycles. The van der Waals surface area contributed by atoms with Gasteiger partial charge in [-0.25, -0.2) is 4.98 Å². The number of fused-ring (bicyclic) bond motifs is 1. The van der Waals surface area contributed by atoms with Crippen LogP contribution in [0.25, 0.3) is 0 Å². The molecule has 2 N–H and O–H groups in total. The third kappa shape index (κ3) is 3.47. The fourth-order valence-corrected chi connectivity index (χ4v) is 4.71. The maximum atomic E-state index is 12.7. The zero-order valence-electron chi connectivity index (χ0n) is 15.5. The highest BCUT2D eigenvalue weighted by Crippen LogP contribution is 2.40. The van der Waals surface area contributed by atoms with E-state index in [0.717, 1.165) is 11.3 Å². The normalized spacial score (nSPS) is 24.9. The molecule has 26 heavy (non-hydrogen) atoms. The van der Waals surface area contributed by atoms with Crippen molar-refractivity contribution in [3.05, 3.63) is 10.6 Å². The van der Waals surface area contributed by atoms with Crippen molar-refractivity contribution in [3.63, 3.8) is 0 Å². The second-order valence-electron chi connectivity index (χ2n) is 7.86. The molecule has 0 radical (unpaired) electrons. The number of aromatic nitrogens is 1. The van der Waals surface area contributed by atoms with Crippen LogP contribution in [0.1, 0.15) is 50.6 Å². The van der Waals surface area contributed by atoms with Gasteiger partial charge in [0, 0.05) is 17.3 Å². The quantitative estimate of drug-likeness (QED) is 0.617. The number of rotatable bonds is 4. The van der Waals surface area contributed by atoms with Gasteiger partial charge in [-0.3, -0.25) is 14.4 Å². The van der Waals surface area contributed by atoms with Gasteiger partial charge in [0.15, 0.2) is 5.13 Å². The lowest BCUT2D eigenvalue weighted by molar-refractivity contribution is -0.145. The van der Waals surface area contributed by atoms with Crippen LogP contribution in [0.5, 0.6) is 0 Å². The monoisotopic (exact) mass is 379 g/mol. The van der Waals surface area contributed by atoms with Crippen LogP contribution >= 0.6 is 11.3 Å². The van der Waals surface area contributed by atoms with Crippen LogP contribution in [0.4, 0.5) is 5.13 Å². The van der Waals surface area contributed by atoms with Crippen molar-refractivity contribution in [2.45, 2.75) is 46.5 Å². The summed E-state index contributed by atoms with van der Waals surface area (Å²) in [6.45, 7) is 8.70. The van der Waals surface area contributed by atoms with Crippen LogP contribution < -0.4 is 10.6 Å². The molecule has 1 aromatic heterocycles. The molecule has 1 aliphatic carbocycles. The van der Waals surface area contributed by atoms with Gasteiger partial charge in [-0.15, -0.1) is 11.3 Å². The molecular formula is C18H25N3O4S. The van der Waals surface area contributed by atoms with E-state index in [0.29, 0.717) is 30.4 Å². The third-order valence-corrected chi connectivity index (χ3v) is 6.14. The fraction of sp³-hybridized carbons (Fsp3) is 0.667. The number of carbonyl (C=O) groups is 3. The second kappa shape index (κ2) is 6.98. The van der Waals surface area contributed by atoms with E-state index in [1.807, 2.05) is 20.8 Å². The Kier molecular flexibility index (Phi) is 5.05. The summed E-state index contributed by atoms with van der Waals surface area (Å²) in [5, 5.41) is 6.03. The molecule has 2 aliphatic rings. The number of ether oxygens (including phenoxy) is 1. The summed E-state index contributed by atoms with van der Waals surface area (Å²) in [5.74, 6) is -2.00. The predicted octanol–water partition coefficient (Wildman–Crippen LogP) is 2.08. The van der Waals surface area contributed by atoms with Gasteiger partial charge in [-0.05, 0) is 25.2 Å². The first-order chi connectivity index (χ1) is 12.2. The number of esters is 1. The summed E-state index contributed by atoms with van der Waals surface area (Å²) in [6, 6.07) is 0. The number of hydrogen-bond acceptors (Lipinski definition) is 6. The number of aryl methyl sites for hydroxylation is 1. The summed E-state index contributed by atoms with van der Waals surface area (Å²) < 4.78 is 5.11. The highest BCUT2D eigenvalue weighted by Gasteiger charge is 2.46. The van der Waals surface area contributed by atoms with Crippen LogP contribution in [0, 0.1) is 17.3 Å².